The first-order valence-electron chi connectivity index (χ1n) is 5.98. The number of hydrogen-bond donors (Lipinski definition) is 1. The van der Waals surface area contributed by atoms with Crippen LogP contribution < -0.4 is 5.32 Å². The second-order valence-electron chi connectivity index (χ2n) is 5.44. The molecule has 0 bridgehead atoms. The third-order valence-electron chi connectivity index (χ3n) is 3.91. The van der Waals surface area contributed by atoms with Crippen LogP contribution in [0.4, 0.5) is 0 Å². The third kappa shape index (κ3) is 2.47. The van der Waals surface area contributed by atoms with Crippen LogP contribution in [0.5, 0.6) is 0 Å². The molecule has 15 heavy (non-hydrogen) atoms. The molecule has 0 aromatic heterocycles. The summed E-state index contributed by atoms with van der Waals surface area (Å²) in [6.45, 7) is 4.19. The van der Waals surface area contributed by atoms with E-state index >= 15 is 0 Å². The summed E-state index contributed by atoms with van der Waals surface area (Å²) >= 11 is 5.84. The molecule has 2 aliphatic rings. The smallest absolute Gasteiger partial charge is 0.223 e. The van der Waals surface area contributed by atoms with Crippen LogP contribution in [0.2, 0.25) is 0 Å². The van der Waals surface area contributed by atoms with Crippen molar-refractivity contribution in [3.8, 4) is 0 Å². The van der Waals surface area contributed by atoms with Crippen LogP contribution >= 0.6 is 11.6 Å². The van der Waals surface area contributed by atoms with Crippen LogP contribution in [-0.2, 0) is 4.79 Å². The van der Waals surface area contributed by atoms with Crippen molar-refractivity contribution < 1.29 is 4.79 Å². The van der Waals surface area contributed by atoms with Gasteiger partial charge in [-0.1, -0.05) is 13.8 Å². The predicted octanol–water partition coefficient (Wildman–Crippen LogP) is 2.41. The highest BCUT2D eigenvalue weighted by Crippen LogP contribution is 2.54. The van der Waals surface area contributed by atoms with Gasteiger partial charge in [0.1, 0.15) is 0 Å². The van der Waals surface area contributed by atoms with E-state index in [4.69, 9.17) is 11.6 Å². The van der Waals surface area contributed by atoms with Crippen LogP contribution in [0.15, 0.2) is 0 Å². The van der Waals surface area contributed by atoms with Gasteiger partial charge in [0, 0.05) is 17.8 Å². The monoisotopic (exact) mass is 229 g/mol. The molecular weight excluding hydrogens is 210 g/mol. The second-order valence-corrected chi connectivity index (χ2v) is 5.75. The summed E-state index contributed by atoms with van der Waals surface area (Å²) in [6, 6.07) is 0.135. The van der Waals surface area contributed by atoms with Crippen molar-refractivity contribution in [1.29, 1.82) is 0 Å². The zero-order valence-corrected chi connectivity index (χ0v) is 10.3. The Hall–Kier alpha value is -0.240. The van der Waals surface area contributed by atoms with E-state index in [1.165, 1.54) is 6.42 Å². The summed E-state index contributed by atoms with van der Waals surface area (Å²) in [7, 11) is 0. The van der Waals surface area contributed by atoms with Crippen LogP contribution in [0, 0.1) is 23.7 Å². The maximum Gasteiger partial charge on any atom is 0.223 e. The van der Waals surface area contributed by atoms with Gasteiger partial charge in [0.05, 0.1) is 0 Å². The summed E-state index contributed by atoms with van der Waals surface area (Å²) in [5, 5.41) is 3.08. The molecule has 0 aromatic rings. The minimum absolute atomic E-state index is 0.135. The van der Waals surface area contributed by atoms with E-state index in [9.17, 15) is 4.79 Å². The molecule has 2 aliphatic carbocycles. The van der Waals surface area contributed by atoms with Gasteiger partial charge in [-0.3, -0.25) is 4.79 Å². The maximum absolute atomic E-state index is 11.9. The van der Waals surface area contributed by atoms with Gasteiger partial charge in [-0.05, 0) is 37.0 Å². The molecular formula is C12H20ClNO. The molecule has 1 amide bonds. The molecule has 3 unspecified atom stereocenters. The van der Waals surface area contributed by atoms with Crippen molar-refractivity contribution in [2.24, 2.45) is 23.7 Å². The molecule has 2 fully saturated rings. The van der Waals surface area contributed by atoms with E-state index in [2.05, 4.69) is 19.2 Å². The molecule has 3 heteroatoms. The average molecular weight is 230 g/mol. The molecule has 0 radical (unpaired) electrons. The van der Waals surface area contributed by atoms with Gasteiger partial charge >= 0.3 is 0 Å². The minimum atomic E-state index is 0.135. The lowest BCUT2D eigenvalue weighted by molar-refractivity contribution is -0.126. The molecule has 0 aromatic carbocycles. The summed E-state index contributed by atoms with van der Waals surface area (Å²) in [5.41, 5.74) is 0. The highest BCUT2D eigenvalue weighted by atomic mass is 35.5. The van der Waals surface area contributed by atoms with Crippen molar-refractivity contribution >= 4 is 17.5 Å². The number of alkyl halides is 1. The molecule has 0 spiro atoms. The SMILES string of the molecule is CC(C)C(CCl)NC(=O)C1CC2CC2C1. The molecule has 2 rings (SSSR count). The van der Waals surface area contributed by atoms with Crippen LogP contribution in [0.1, 0.15) is 33.1 Å². The van der Waals surface area contributed by atoms with Crippen molar-refractivity contribution in [3.05, 3.63) is 0 Å². The first kappa shape index (κ1) is 11.3. The number of nitrogens with one attached hydrogen (secondary N) is 1. The number of amides is 1. The average Bonchev–Trinajstić information content (AvgIpc) is 2.81. The van der Waals surface area contributed by atoms with Crippen LogP contribution in [0.25, 0.3) is 0 Å². The fraction of sp³-hybridized carbons (Fsp3) is 0.917. The van der Waals surface area contributed by atoms with E-state index < -0.39 is 0 Å². The Bertz CT molecular complexity index is 244. The normalized spacial score (nSPS) is 35.1. The number of carbonyl (C=O) groups is 1. The lowest BCUT2D eigenvalue weighted by atomic mass is 10.0. The van der Waals surface area contributed by atoms with Crippen LogP contribution in [-0.4, -0.2) is 17.8 Å². The Morgan fingerprint density at radius 2 is 1.93 bits per heavy atom. The Labute approximate surface area is 96.8 Å². The Morgan fingerprint density at radius 1 is 1.33 bits per heavy atom. The van der Waals surface area contributed by atoms with Crippen molar-refractivity contribution in [1.82, 2.24) is 5.32 Å². The number of carbonyl (C=O) groups excluding carboxylic acids is 1. The molecule has 0 aliphatic heterocycles. The molecule has 1 N–H and O–H groups in total. The summed E-state index contributed by atoms with van der Waals surface area (Å²) in [6.07, 6.45) is 3.60. The van der Waals surface area contributed by atoms with Gasteiger partial charge in [0.2, 0.25) is 5.91 Å². The van der Waals surface area contributed by atoms with E-state index in [0.29, 0.717) is 11.8 Å². The number of halogens is 1. The fourth-order valence-corrected chi connectivity index (χ4v) is 3.05. The topological polar surface area (TPSA) is 29.1 Å². The van der Waals surface area contributed by atoms with Gasteiger partial charge in [-0.15, -0.1) is 11.6 Å². The summed E-state index contributed by atoms with van der Waals surface area (Å²) in [5.74, 6) is 3.19. The quantitative estimate of drug-likeness (QED) is 0.737. The largest absolute Gasteiger partial charge is 0.352 e. The summed E-state index contributed by atoms with van der Waals surface area (Å²) < 4.78 is 0. The van der Waals surface area contributed by atoms with E-state index in [0.717, 1.165) is 24.7 Å². The Kier molecular flexibility index (Phi) is 3.24. The number of hydrogen-bond acceptors (Lipinski definition) is 1. The first-order chi connectivity index (χ1) is 7.11. The highest BCUT2D eigenvalue weighted by Gasteiger charge is 2.48. The number of rotatable bonds is 4. The van der Waals surface area contributed by atoms with Gasteiger partial charge in [-0.25, -0.2) is 0 Å². The molecule has 0 saturated heterocycles. The van der Waals surface area contributed by atoms with Gasteiger partial charge < -0.3 is 5.32 Å². The van der Waals surface area contributed by atoms with Crippen molar-refractivity contribution in [3.63, 3.8) is 0 Å². The van der Waals surface area contributed by atoms with Crippen LogP contribution in [0.3, 0.4) is 0 Å². The molecule has 0 heterocycles. The molecule has 2 saturated carbocycles. The maximum atomic E-state index is 11.9. The molecule has 3 atom stereocenters. The molecule has 2 nitrogen and oxygen atoms in total. The van der Waals surface area contributed by atoms with Crippen molar-refractivity contribution in [2.45, 2.75) is 39.2 Å². The predicted molar refractivity (Wildman–Crippen MR) is 61.8 cm³/mol. The fourth-order valence-electron chi connectivity index (χ4n) is 2.61. The summed E-state index contributed by atoms with van der Waals surface area (Å²) in [4.78, 5) is 11.9. The van der Waals surface area contributed by atoms with E-state index in [-0.39, 0.29) is 17.9 Å². The zero-order chi connectivity index (χ0) is 11.0. The second kappa shape index (κ2) is 4.32. The Morgan fingerprint density at radius 3 is 2.40 bits per heavy atom. The van der Waals surface area contributed by atoms with E-state index in [1.807, 2.05) is 0 Å². The van der Waals surface area contributed by atoms with E-state index in [1.54, 1.807) is 0 Å². The Balaban J connectivity index is 1.80. The lowest BCUT2D eigenvalue weighted by Gasteiger charge is -2.22. The highest BCUT2D eigenvalue weighted by molar-refractivity contribution is 6.18. The minimum Gasteiger partial charge on any atom is -0.352 e. The van der Waals surface area contributed by atoms with Gasteiger partial charge in [-0.2, -0.15) is 0 Å². The standard InChI is InChI=1S/C12H20ClNO/c1-7(2)11(6-13)14-12(15)10-4-8-3-9(8)5-10/h7-11H,3-6H2,1-2H3,(H,14,15). The third-order valence-corrected chi connectivity index (χ3v) is 4.25. The first-order valence-corrected chi connectivity index (χ1v) is 6.51. The lowest BCUT2D eigenvalue weighted by Crippen LogP contribution is -2.42. The van der Waals surface area contributed by atoms with Gasteiger partial charge in [0.25, 0.3) is 0 Å². The number of fused-ring (bicyclic) bond motifs is 1. The van der Waals surface area contributed by atoms with Gasteiger partial charge in [0.15, 0.2) is 0 Å². The molecule has 86 valence electrons. The zero-order valence-electron chi connectivity index (χ0n) is 9.50. The van der Waals surface area contributed by atoms with Crippen molar-refractivity contribution in [2.75, 3.05) is 5.88 Å².